The molecule has 0 saturated carbocycles. The van der Waals surface area contributed by atoms with Crippen molar-refractivity contribution in [3.63, 3.8) is 0 Å². The van der Waals surface area contributed by atoms with Gasteiger partial charge in [0.05, 0.1) is 17.4 Å². The number of para-hydroxylation sites is 1. The molecule has 0 fully saturated rings. The lowest BCUT2D eigenvalue weighted by Gasteiger charge is -2.26. The van der Waals surface area contributed by atoms with E-state index >= 15 is 0 Å². The van der Waals surface area contributed by atoms with E-state index in [1.165, 1.54) is 16.8 Å². The van der Waals surface area contributed by atoms with Crippen molar-refractivity contribution in [1.82, 2.24) is 4.98 Å². The fraction of sp³-hybridized carbons (Fsp3) is 0.393. The normalized spacial score (nSPS) is 14.5. The summed E-state index contributed by atoms with van der Waals surface area (Å²) in [4.78, 5) is 4.87. The molecule has 3 nitrogen and oxygen atoms in total. The molecule has 2 unspecified atom stereocenters. The SMILES string of the molecule is CC(C)c1cccc(C(C)C)c1NC(C)c1cccc(C(C)(O)Cc2ccccc2)n1. The van der Waals surface area contributed by atoms with Crippen LogP contribution < -0.4 is 5.32 Å². The number of nitrogens with one attached hydrogen (secondary N) is 1. The Morgan fingerprint density at radius 2 is 1.39 bits per heavy atom. The first-order valence-corrected chi connectivity index (χ1v) is 11.3. The van der Waals surface area contributed by atoms with Gasteiger partial charge in [0.15, 0.2) is 0 Å². The van der Waals surface area contributed by atoms with E-state index in [0.29, 0.717) is 24.0 Å². The molecule has 0 amide bonds. The molecule has 31 heavy (non-hydrogen) atoms. The van der Waals surface area contributed by atoms with Crippen LogP contribution in [0.5, 0.6) is 0 Å². The summed E-state index contributed by atoms with van der Waals surface area (Å²) >= 11 is 0. The maximum Gasteiger partial charge on any atom is 0.108 e. The smallest absolute Gasteiger partial charge is 0.108 e. The van der Waals surface area contributed by atoms with Gasteiger partial charge in [-0.3, -0.25) is 4.98 Å². The van der Waals surface area contributed by atoms with Crippen molar-refractivity contribution >= 4 is 5.69 Å². The molecular formula is C28H36N2O. The second kappa shape index (κ2) is 9.65. The van der Waals surface area contributed by atoms with Crippen molar-refractivity contribution < 1.29 is 5.11 Å². The number of anilines is 1. The van der Waals surface area contributed by atoms with Gasteiger partial charge in [-0.15, -0.1) is 0 Å². The molecular weight excluding hydrogens is 380 g/mol. The molecule has 0 aliphatic rings. The Morgan fingerprint density at radius 1 is 0.806 bits per heavy atom. The zero-order valence-corrected chi connectivity index (χ0v) is 19.7. The lowest BCUT2D eigenvalue weighted by Crippen LogP contribution is -2.26. The molecule has 0 bridgehead atoms. The van der Waals surface area contributed by atoms with E-state index in [0.717, 1.165) is 11.3 Å². The molecule has 0 spiro atoms. The van der Waals surface area contributed by atoms with Gasteiger partial charge in [-0.2, -0.15) is 0 Å². The maximum atomic E-state index is 11.2. The fourth-order valence-corrected chi connectivity index (χ4v) is 4.08. The predicted octanol–water partition coefficient (Wildman–Crippen LogP) is 6.95. The molecule has 0 saturated heterocycles. The number of benzene rings is 2. The van der Waals surface area contributed by atoms with Crippen molar-refractivity contribution in [2.24, 2.45) is 0 Å². The molecule has 1 aromatic heterocycles. The van der Waals surface area contributed by atoms with Crippen LogP contribution in [-0.2, 0) is 12.0 Å². The van der Waals surface area contributed by atoms with Gasteiger partial charge in [-0.25, -0.2) is 0 Å². The van der Waals surface area contributed by atoms with Crippen LogP contribution in [0.4, 0.5) is 5.69 Å². The summed E-state index contributed by atoms with van der Waals surface area (Å²) in [6, 6.07) is 22.6. The molecule has 0 aliphatic heterocycles. The monoisotopic (exact) mass is 416 g/mol. The van der Waals surface area contributed by atoms with Crippen LogP contribution in [-0.4, -0.2) is 10.1 Å². The van der Waals surface area contributed by atoms with E-state index in [1.54, 1.807) is 0 Å². The summed E-state index contributed by atoms with van der Waals surface area (Å²) in [6.45, 7) is 12.9. The van der Waals surface area contributed by atoms with E-state index in [9.17, 15) is 5.11 Å². The molecule has 3 aromatic rings. The number of pyridine rings is 1. The van der Waals surface area contributed by atoms with Gasteiger partial charge in [0.1, 0.15) is 5.60 Å². The van der Waals surface area contributed by atoms with E-state index in [2.05, 4.69) is 58.1 Å². The molecule has 0 aliphatic carbocycles. The van der Waals surface area contributed by atoms with E-state index in [-0.39, 0.29) is 6.04 Å². The quantitative estimate of drug-likeness (QED) is 0.417. The van der Waals surface area contributed by atoms with Crippen LogP contribution in [0.2, 0.25) is 0 Å². The first kappa shape index (κ1) is 23.0. The Balaban J connectivity index is 1.88. The maximum absolute atomic E-state index is 11.2. The van der Waals surface area contributed by atoms with Gasteiger partial charge in [-0.05, 0) is 54.5 Å². The Morgan fingerprint density at radius 3 is 1.97 bits per heavy atom. The summed E-state index contributed by atoms with van der Waals surface area (Å²) in [5, 5.41) is 14.9. The Bertz CT molecular complexity index is 967. The van der Waals surface area contributed by atoms with E-state index < -0.39 is 5.60 Å². The standard InChI is InChI=1S/C28H36N2O/c1-19(2)23-14-10-15-24(20(3)4)27(23)29-21(5)25-16-11-17-26(30-25)28(6,31)18-22-12-8-7-9-13-22/h7-17,19-21,29,31H,18H2,1-6H3. The molecule has 2 aromatic carbocycles. The van der Waals surface area contributed by atoms with Crippen LogP contribution >= 0.6 is 0 Å². The highest BCUT2D eigenvalue weighted by Crippen LogP contribution is 2.35. The minimum absolute atomic E-state index is 0.0184. The van der Waals surface area contributed by atoms with E-state index in [4.69, 9.17) is 4.98 Å². The largest absolute Gasteiger partial charge is 0.383 e. The fourth-order valence-electron chi connectivity index (χ4n) is 4.08. The summed E-state index contributed by atoms with van der Waals surface area (Å²) in [5.41, 5.74) is 5.55. The molecule has 3 heteroatoms. The van der Waals surface area contributed by atoms with Crippen LogP contribution in [0, 0.1) is 0 Å². The first-order valence-electron chi connectivity index (χ1n) is 11.3. The highest BCUT2D eigenvalue weighted by Gasteiger charge is 2.26. The van der Waals surface area contributed by atoms with Gasteiger partial charge >= 0.3 is 0 Å². The van der Waals surface area contributed by atoms with Gasteiger partial charge < -0.3 is 10.4 Å². The first-order chi connectivity index (χ1) is 14.7. The zero-order chi connectivity index (χ0) is 22.6. The second-order valence-corrected chi connectivity index (χ2v) is 9.37. The number of rotatable bonds is 8. The minimum atomic E-state index is -1.03. The van der Waals surface area contributed by atoms with Crippen molar-refractivity contribution in [2.45, 2.75) is 71.4 Å². The molecule has 2 N–H and O–H groups in total. The van der Waals surface area contributed by atoms with Gasteiger partial charge in [0, 0.05) is 12.1 Å². The third-order valence-corrected chi connectivity index (χ3v) is 5.89. The number of aliphatic hydroxyl groups is 1. The molecule has 164 valence electrons. The van der Waals surface area contributed by atoms with Gasteiger partial charge in [0.2, 0.25) is 0 Å². The third-order valence-electron chi connectivity index (χ3n) is 5.89. The third kappa shape index (κ3) is 5.54. The lowest BCUT2D eigenvalue weighted by atomic mass is 9.91. The van der Waals surface area contributed by atoms with Crippen molar-refractivity contribution in [2.75, 3.05) is 5.32 Å². The van der Waals surface area contributed by atoms with Crippen LogP contribution in [0.1, 0.15) is 87.5 Å². The molecule has 0 radical (unpaired) electrons. The lowest BCUT2D eigenvalue weighted by molar-refractivity contribution is 0.0528. The Kier molecular flexibility index (Phi) is 7.17. The number of nitrogens with zero attached hydrogens (tertiary/aromatic N) is 1. The Labute approximate surface area is 187 Å². The summed E-state index contributed by atoms with van der Waals surface area (Å²) in [6.07, 6.45) is 0.528. The van der Waals surface area contributed by atoms with Gasteiger partial charge in [0.25, 0.3) is 0 Å². The van der Waals surface area contributed by atoms with Gasteiger partial charge in [-0.1, -0.05) is 82.3 Å². The van der Waals surface area contributed by atoms with Crippen LogP contribution in [0.15, 0.2) is 66.7 Å². The van der Waals surface area contributed by atoms with Crippen molar-refractivity contribution in [1.29, 1.82) is 0 Å². The number of hydrogen-bond acceptors (Lipinski definition) is 3. The highest BCUT2D eigenvalue weighted by molar-refractivity contribution is 5.61. The summed E-state index contributed by atoms with van der Waals surface area (Å²) in [5.74, 6) is 0.860. The van der Waals surface area contributed by atoms with Crippen LogP contribution in [0.25, 0.3) is 0 Å². The zero-order valence-electron chi connectivity index (χ0n) is 19.7. The van der Waals surface area contributed by atoms with Crippen molar-refractivity contribution in [3.05, 3.63) is 94.8 Å². The predicted molar refractivity (Wildman–Crippen MR) is 131 cm³/mol. The molecule has 1 heterocycles. The average Bonchev–Trinajstić information content (AvgIpc) is 2.74. The van der Waals surface area contributed by atoms with Crippen molar-refractivity contribution in [3.8, 4) is 0 Å². The average molecular weight is 417 g/mol. The van der Waals surface area contributed by atoms with E-state index in [1.807, 2.05) is 55.5 Å². The Hall–Kier alpha value is -2.65. The topological polar surface area (TPSA) is 45.1 Å². The molecule has 2 atom stereocenters. The number of hydrogen-bond donors (Lipinski definition) is 2. The summed E-state index contributed by atoms with van der Waals surface area (Å²) in [7, 11) is 0. The second-order valence-electron chi connectivity index (χ2n) is 9.37. The summed E-state index contributed by atoms with van der Waals surface area (Å²) < 4.78 is 0. The van der Waals surface area contributed by atoms with Crippen LogP contribution in [0.3, 0.4) is 0 Å². The minimum Gasteiger partial charge on any atom is -0.383 e. The molecule has 3 rings (SSSR count). The number of aromatic nitrogens is 1. The highest BCUT2D eigenvalue weighted by atomic mass is 16.3.